The summed E-state index contributed by atoms with van der Waals surface area (Å²) >= 11 is 1.60. The highest BCUT2D eigenvalue weighted by Gasteiger charge is 2.23. The van der Waals surface area contributed by atoms with E-state index in [1.165, 1.54) is 0 Å². The van der Waals surface area contributed by atoms with Gasteiger partial charge in [-0.25, -0.2) is 0 Å². The second kappa shape index (κ2) is 7.12. The summed E-state index contributed by atoms with van der Waals surface area (Å²) in [6.07, 6.45) is 3.33. The number of halogens is 1. The Balaban J connectivity index is 0.00000162. The summed E-state index contributed by atoms with van der Waals surface area (Å²) in [4.78, 5) is 14.3. The van der Waals surface area contributed by atoms with Gasteiger partial charge in [-0.15, -0.1) is 12.4 Å². The van der Waals surface area contributed by atoms with Crippen LogP contribution in [-0.2, 0) is 0 Å². The highest BCUT2D eigenvalue weighted by molar-refractivity contribution is 7.08. The molecule has 1 saturated heterocycles. The zero-order valence-electron chi connectivity index (χ0n) is 10.9. The maximum Gasteiger partial charge on any atom is 0.254 e. The van der Waals surface area contributed by atoms with Crippen LogP contribution in [0, 0.1) is 6.92 Å². The summed E-state index contributed by atoms with van der Waals surface area (Å²) in [5, 5.41) is 7.38. The highest BCUT2D eigenvalue weighted by atomic mass is 35.5. The second-order valence-corrected chi connectivity index (χ2v) is 5.46. The van der Waals surface area contributed by atoms with Gasteiger partial charge in [-0.1, -0.05) is 0 Å². The van der Waals surface area contributed by atoms with Crippen molar-refractivity contribution in [3.05, 3.63) is 21.9 Å². The largest absolute Gasteiger partial charge is 0.339 e. The van der Waals surface area contributed by atoms with Crippen LogP contribution in [0.25, 0.3) is 0 Å². The summed E-state index contributed by atoms with van der Waals surface area (Å²) in [5.74, 6) is 0.177. The van der Waals surface area contributed by atoms with Gasteiger partial charge in [0.2, 0.25) is 0 Å². The lowest BCUT2D eigenvalue weighted by atomic mass is 10.1. The van der Waals surface area contributed by atoms with Gasteiger partial charge in [-0.3, -0.25) is 4.79 Å². The highest BCUT2D eigenvalue weighted by Crippen LogP contribution is 2.19. The third-order valence-corrected chi connectivity index (χ3v) is 4.36. The Hall–Kier alpha value is -0.580. The lowest BCUT2D eigenvalue weighted by Gasteiger charge is -2.27. The first-order valence-electron chi connectivity index (χ1n) is 6.21. The molecule has 0 radical (unpaired) electrons. The van der Waals surface area contributed by atoms with Crippen LogP contribution in [0.3, 0.4) is 0 Å². The summed E-state index contributed by atoms with van der Waals surface area (Å²) < 4.78 is 0. The molecule has 5 heteroatoms. The van der Waals surface area contributed by atoms with Gasteiger partial charge in [0.15, 0.2) is 0 Å². The third-order valence-electron chi connectivity index (χ3n) is 3.50. The van der Waals surface area contributed by atoms with Crippen molar-refractivity contribution in [3.63, 3.8) is 0 Å². The molecule has 1 atom stereocenters. The van der Waals surface area contributed by atoms with E-state index in [4.69, 9.17) is 0 Å². The number of nitrogens with zero attached hydrogens (tertiary/aromatic N) is 1. The molecule has 2 heterocycles. The average Bonchev–Trinajstić information content (AvgIpc) is 2.60. The van der Waals surface area contributed by atoms with Crippen LogP contribution in [0.4, 0.5) is 0 Å². The van der Waals surface area contributed by atoms with Gasteiger partial charge in [-0.05, 0) is 50.2 Å². The Morgan fingerprint density at radius 1 is 1.39 bits per heavy atom. The number of hydrogen-bond acceptors (Lipinski definition) is 3. The minimum atomic E-state index is 0. The minimum Gasteiger partial charge on any atom is -0.339 e. The summed E-state index contributed by atoms with van der Waals surface area (Å²) in [5.41, 5.74) is 1.97. The Kier molecular flexibility index (Phi) is 6.12. The zero-order chi connectivity index (χ0) is 12.3. The molecular weight excluding hydrogens is 268 g/mol. The smallest absolute Gasteiger partial charge is 0.254 e. The van der Waals surface area contributed by atoms with Gasteiger partial charge in [0.05, 0.1) is 5.56 Å². The van der Waals surface area contributed by atoms with Crippen molar-refractivity contribution in [2.45, 2.75) is 32.2 Å². The Morgan fingerprint density at radius 2 is 2.17 bits per heavy atom. The van der Waals surface area contributed by atoms with Gasteiger partial charge in [0.25, 0.3) is 5.91 Å². The maximum absolute atomic E-state index is 12.4. The number of amides is 1. The summed E-state index contributed by atoms with van der Waals surface area (Å²) in [6, 6.07) is 0.386. The molecule has 0 saturated carbocycles. The fraction of sp³-hybridized carbons (Fsp3) is 0.615. The van der Waals surface area contributed by atoms with E-state index in [2.05, 4.69) is 5.32 Å². The van der Waals surface area contributed by atoms with Crippen LogP contribution in [0.5, 0.6) is 0 Å². The van der Waals surface area contributed by atoms with Crippen LogP contribution in [0.2, 0.25) is 0 Å². The minimum absolute atomic E-state index is 0. The van der Waals surface area contributed by atoms with Crippen LogP contribution in [0.1, 0.15) is 35.2 Å². The zero-order valence-corrected chi connectivity index (χ0v) is 12.6. The van der Waals surface area contributed by atoms with E-state index < -0.39 is 0 Å². The fourth-order valence-corrected chi connectivity index (χ4v) is 3.15. The molecule has 0 aliphatic carbocycles. The Morgan fingerprint density at radius 3 is 2.83 bits per heavy atom. The number of rotatable bonds is 2. The summed E-state index contributed by atoms with van der Waals surface area (Å²) in [6.45, 7) is 4.10. The molecule has 1 fully saturated rings. The number of hydrogen-bond donors (Lipinski definition) is 1. The summed E-state index contributed by atoms with van der Waals surface area (Å²) in [7, 11) is 1.94. The molecule has 2 rings (SSSR count). The molecule has 1 aliphatic rings. The first-order valence-corrected chi connectivity index (χ1v) is 7.15. The molecule has 1 aromatic rings. The molecule has 102 valence electrons. The van der Waals surface area contributed by atoms with Crippen molar-refractivity contribution in [1.29, 1.82) is 0 Å². The molecule has 1 unspecified atom stereocenters. The average molecular weight is 289 g/mol. The molecule has 0 aromatic carbocycles. The molecule has 0 bridgehead atoms. The molecule has 1 aliphatic heterocycles. The van der Waals surface area contributed by atoms with Crippen molar-refractivity contribution in [3.8, 4) is 0 Å². The molecule has 1 aromatic heterocycles. The van der Waals surface area contributed by atoms with E-state index in [9.17, 15) is 4.79 Å². The van der Waals surface area contributed by atoms with Gasteiger partial charge in [-0.2, -0.15) is 11.3 Å². The van der Waals surface area contributed by atoms with Crippen molar-refractivity contribution in [1.82, 2.24) is 10.2 Å². The monoisotopic (exact) mass is 288 g/mol. The SMILES string of the molecule is Cc1cscc1C(=O)N(C)C1CCCNCC1.Cl. The van der Waals surface area contributed by atoms with Crippen LogP contribution >= 0.6 is 23.7 Å². The molecule has 0 spiro atoms. The molecule has 1 N–H and O–H groups in total. The van der Waals surface area contributed by atoms with E-state index in [1.807, 2.05) is 29.6 Å². The number of thiophene rings is 1. The van der Waals surface area contributed by atoms with E-state index in [-0.39, 0.29) is 18.3 Å². The lowest BCUT2D eigenvalue weighted by Crippen LogP contribution is -2.37. The van der Waals surface area contributed by atoms with Crippen LogP contribution in [0.15, 0.2) is 10.8 Å². The first-order chi connectivity index (χ1) is 8.20. The normalized spacial score (nSPS) is 19.8. The Labute approximate surface area is 119 Å². The molecule has 18 heavy (non-hydrogen) atoms. The second-order valence-electron chi connectivity index (χ2n) is 4.72. The molecule has 3 nitrogen and oxygen atoms in total. The molecular formula is C13H21ClN2OS. The number of carbonyl (C=O) groups excluding carboxylic acids is 1. The van der Waals surface area contributed by atoms with Crippen molar-refractivity contribution < 1.29 is 4.79 Å². The topological polar surface area (TPSA) is 32.3 Å². The number of carbonyl (C=O) groups is 1. The van der Waals surface area contributed by atoms with Crippen LogP contribution < -0.4 is 5.32 Å². The predicted octanol–water partition coefficient (Wildman–Crippen LogP) is 2.69. The maximum atomic E-state index is 12.4. The Bertz CT molecular complexity index is 386. The van der Waals surface area contributed by atoms with Crippen molar-refractivity contribution in [2.75, 3.05) is 20.1 Å². The third kappa shape index (κ3) is 3.46. The van der Waals surface area contributed by atoms with Crippen molar-refractivity contribution >= 4 is 29.7 Å². The first kappa shape index (κ1) is 15.5. The quantitative estimate of drug-likeness (QED) is 0.907. The fourth-order valence-electron chi connectivity index (χ4n) is 2.32. The van der Waals surface area contributed by atoms with E-state index >= 15 is 0 Å². The number of aryl methyl sites for hydroxylation is 1. The van der Waals surface area contributed by atoms with Crippen LogP contribution in [-0.4, -0.2) is 37.0 Å². The van der Waals surface area contributed by atoms with Gasteiger partial charge in [0, 0.05) is 18.5 Å². The number of nitrogens with one attached hydrogen (secondary N) is 1. The van der Waals surface area contributed by atoms with Gasteiger partial charge >= 0.3 is 0 Å². The van der Waals surface area contributed by atoms with E-state index in [0.29, 0.717) is 6.04 Å². The van der Waals surface area contributed by atoms with E-state index in [0.717, 1.165) is 43.5 Å². The predicted molar refractivity (Wildman–Crippen MR) is 78.9 cm³/mol. The molecule has 1 amide bonds. The standard InChI is InChI=1S/C13H20N2OS.ClH/c1-10-8-17-9-12(10)13(16)15(2)11-4-3-6-14-7-5-11;/h8-9,11,14H,3-7H2,1-2H3;1H. The van der Waals surface area contributed by atoms with Crippen molar-refractivity contribution in [2.24, 2.45) is 0 Å². The van der Waals surface area contributed by atoms with Gasteiger partial charge in [0.1, 0.15) is 0 Å². The van der Waals surface area contributed by atoms with Gasteiger partial charge < -0.3 is 10.2 Å². The van der Waals surface area contributed by atoms with E-state index in [1.54, 1.807) is 11.3 Å². The lowest BCUT2D eigenvalue weighted by molar-refractivity contribution is 0.0720.